The topological polar surface area (TPSA) is 81.5 Å². The Hall–Kier alpha value is -1.26. The highest BCUT2D eigenvalue weighted by Crippen LogP contribution is 2.34. The number of hydrogen-bond acceptors (Lipinski definition) is 4. The molecule has 15 heavy (non-hydrogen) atoms. The predicted molar refractivity (Wildman–Crippen MR) is 60.1 cm³/mol. The molecule has 4 nitrogen and oxygen atoms in total. The molecule has 1 aromatic rings. The molecule has 0 fully saturated rings. The first-order chi connectivity index (χ1) is 7.02. The van der Waals surface area contributed by atoms with Crippen molar-refractivity contribution >= 4 is 0 Å². The summed E-state index contributed by atoms with van der Waals surface area (Å²) in [4.78, 5) is 0. The summed E-state index contributed by atoms with van der Waals surface area (Å²) in [7, 11) is 1.59. The zero-order valence-corrected chi connectivity index (χ0v) is 9.37. The van der Waals surface area contributed by atoms with E-state index in [1.807, 2.05) is 13.8 Å². The first kappa shape index (κ1) is 11.8. The number of ether oxygens (including phenoxy) is 1. The predicted octanol–water partition coefficient (Wildman–Crippen LogP) is 0.976. The van der Waals surface area contributed by atoms with E-state index >= 15 is 0 Å². The van der Waals surface area contributed by atoms with Crippen LogP contribution in [0, 0.1) is 13.8 Å². The zero-order chi connectivity index (χ0) is 11.6. The van der Waals surface area contributed by atoms with Crippen LogP contribution in [0.25, 0.3) is 0 Å². The zero-order valence-electron chi connectivity index (χ0n) is 9.37. The smallest absolute Gasteiger partial charge is 0.123 e. The molecule has 0 aliphatic carbocycles. The maximum atomic E-state index is 9.91. The van der Waals surface area contributed by atoms with Crippen molar-refractivity contribution in [1.82, 2.24) is 0 Å². The van der Waals surface area contributed by atoms with Crippen LogP contribution in [0.15, 0.2) is 6.07 Å². The third kappa shape index (κ3) is 2.06. The number of phenolic OH excluding ortho intramolecular Hbond substituents is 1. The Morgan fingerprint density at radius 1 is 1.40 bits per heavy atom. The van der Waals surface area contributed by atoms with E-state index in [-0.39, 0.29) is 11.8 Å². The van der Waals surface area contributed by atoms with Gasteiger partial charge in [-0.15, -0.1) is 0 Å². The summed E-state index contributed by atoms with van der Waals surface area (Å²) in [5.41, 5.74) is 13.6. The second-order valence-electron chi connectivity index (χ2n) is 3.61. The van der Waals surface area contributed by atoms with E-state index < -0.39 is 0 Å². The molecule has 0 amide bonds. The monoisotopic (exact) mass is 210 g/mol. The Morgan fingerprint density at radius 2 is 2.00 bits per heavy atom. The largest absolute Gasteiger partial charge is 0.507 e. The molecule has 84 valence electrons. The molecule has 0 unspecified atom stereocenters. The lowest BCUT2D eigenvalue weighted by atomic mass is 9.98. The maximum Gasteiger partial charge on any atom is 0.123 e. The molecule has 4 heteroatoms. The van der Waals surface area contributed by atoms with Gasteiger partial charge in [0.2, 0.25) is 0 Å². The van der Waals surface area contributed by atoms with Crippen molar-refractivity contribution in [2.24, 2.45) is 11.5 Å². The fourth-order valence-corrected chi connectivity index (χ4v) is 1.52. The Balaban J connectivity index is 3.35. The summed E-state index contributed by atoms with van der Waals surface area (Å²) in [6.45, 7) is 4.02. The molecule has 0 aliphatic heterocycles. The minimum Gasteiger partial charge on any atom is -0.507 e. The van der Waals surface area contributed by atoms with Crippen LogP contribution in [0.2, 0.25) is 0 Å². The summed E-state index contributed by atoms with van der Waals surface area (Å²) < 4.78 is 5.21. The van der Waals surface area contributed by atoms with Crippen molar-refractivity contribution in [2.45, 2.75) is 19.9 Å². The van der Waals surface area contributed by atoms with Gasteiger partial charge in [0.05, 0.1) is 7.11 Å². The van der Waals surface area contributed by atoms with Gasteiger partial charge in [-0.3, -0.25) is 0 Å². The second kappa shape index (κ2) is 4.51. The molecule has 5 N–H and O–H groups in total. The van der Waals surface area contributed by atoms with Crippen molar-refractivity contribution in [3.8, 4) is 11.5 Å². The average molecular weight is 210 g/mol. The fourth-order valence-electron chi connectivity index (χ4n) is 1.52. The van der Waals surface area contributed by atoms with Crippen molar-refractivity contribution in [2.75, 3.05) is 13.7 Å². The van der Waals surface area contributed by atoms with E-state index in [0.717, 1.165) is 16.9 Å². The van der Waals surface area contributed by atoms with Crippen LogP contribution in [0.5, 0.6) is 11.5 Å². The normalized spacial score (nSPS) is 12.6. The van der Waals surface area contributed by atoms with Crippen LogP contribution < -0.4 is 16.2 Å². The number of hydrogen-bond donors (Lipinski definition) is 3. The van der Waals surface area contributed by atoms with E-state index in [2.05, 4.69) is 0 Å². The van der Waals surface area contributed by atoms with Crippen LogP contribution in [0.4, 0.5) is 0 Å². The Labute approximate surface area is 89.8 Å². The molecule has 0 saturated heterocycles. The van der Waals surface area contributed by atoms with Gasteiger partial charge in [0.25, 0.3) is 0 Å². The SMILES string of the molecule is COc1cc([C@@H](N)CN)c(O)c(C)c1C. The number of benzene rings is 1. The van der Waals surface area contributed by atoms with Crippen LogP contribution in [0.1, 0.15) is 22.7 Å². The number of rotatable bonds is 3. The third-order valence-electron chi connectivity index (χ3n) is 2.72. The lowest BCUT2D eigenvalue weighted by Crippen LogP contribution is -2.21. The molecule has 1 atom stereocenters. The van der Waals surface area contributed by atoms with Gasteiger partial charge >= 0.3 is 0 Å². The van der Waals surface area contributed by atoms with E-state index in [1.165, 1.54) is 0 Å². The maximum absolute atomic E-state index is 9.91. The molecule has 0 bridgehead atoms. The van der Waals surface area contributed by atoms with Gasteiger partial charge in [0.1, 0.15) is 11.5 Å². The van der Waals surface area contributed by atoms with Crippen molar-refractivity contribution < 1.29 is 9.84 Å². The van der Waals surface area contributed by atoms with E-state index in [4.69, 9.17) is 16.2 Å². The lowest BCUT2D eigenvalue weighted by molar-refractivity contribution is 0.404. The highest BCUT2D eigenvalue weighted by atomic mass is 16.5. The van der Waals surface area contributed by atoms with Gasteiger partial charge in [-0.25, -0.2) is 0 Å². The molecule has 1 aromatic carbocycles. The summed E-state index contributed by atoms with van der Waals surface area (Å²) in [5.74, 6) is 0.940. The van der Waals surface area contributed by atoms with Crippen molar-refractivity contribution in [3.63, 3.8) is 0 Å². The van der Waals surface area contributed by atoms with E-state index in [0.29, 0.717) is 12.1 Å². The van der Waals surface area contributed by atoms with Crippen LogP contribution in [-0.4, -0.2) is 18.8 Å². The Kier molecular flexibility index (Phi) is 3.55. The van der Waals surface area contributed by atoms with Gasteiger partial charge in [0.15, 0.2) is 0 Å². The van der Waals surface area contributed by atoms with Gasteiger partial charge in [0, 0.05) is 18.2 Å². The third-order valence-corrected chi connectivity index (χ3v) is 2.72. The van der Waals surface area contributed by atoms with Crippen molar-refractivity contribution in [1.29, 1.82) is 0 Å². The molecule has 0 spiro atoms. The second-order valence-corrected chi connectivity index (χ2v) is 3.61. The van der Waals surface area contributed by atoms with Crippen LogP contribution in [0.3, 0.4) is 0 Å². The first-order valence-corrected chi connectivity index (χ1v) is 4.85. The summed E-state index contributed by atoms with van der Waals surface area (Å²) in [5, 5.41) is 9.91. The van der Waals surface area contributed by atoms with Crippen LogP contribution >= 0.6 is 0 Å². The molecule has 1 rings (SSSR count). The molecule has 0 aromatic heterocycles. The standard InChI is InChI=1S/C11H18N2O2/c1-6-7(2)11(14)8(9(13)5-12)4-10(6)15-3/h4,9,14H,5,12-13H2,1-3H3/t9-/m0/s1. The quantitative estimate of drug-likeness (QED) is 0.694. The van der Waals surface area contributed by atoms with Gasteiger partial charge in [-0.1, -0.05) is 0 Å². The molecule has 0 heterocycles. The summed E-state index contributed by atoms with van der Waals surface area (Å²) in [6.07, 6.45) is 0. The summed E-state index contributed by atoms with van der Waals surface area (Å²) in [6, 6.07) is 1.38. The van der Waals surface area contributed by atoms with Gasteiger partial charge in [-0.2, -0.15) is 0 Å². The number of nitrogens with two attached hydrogens (primary N) is 2. The highest BCUT2D eigenvalue weighted by molar-refractivity contribution is 5.52. The Morgan fingerprint density at radius 3 is 2.47 bits per heavy atom. The highest BCUT2D eigenvalue weighted by Gasteiger charge is 2.16. The first-order valence-electron chi connectivity index (χ1n) is 4.85. The minimum atomic E-state index is -0.363. The fraction of sp³-hybridized carbons (Fsp3) is 0.455. The van der Waals surface area contributed by atoms with Gasteiger partial charge in [-0.05, 0) is 31.0 Å². The van der Waals surface area contributed by atoms with Crippen LogP contribution in [-0.2, 0) is 0 Å². The molecule has 0 radical (unpaired) electrons. The van der Waals surface area contributed by atoms with E-state index in [1.54, 1.807) is 13.2 Å². The molecular formula is C11H18N2O2. The van der Waals surface area contributed by atoms with Gasteiger partial charge < -0.3 is 21.3 Å². The Bertz CT molecular complexity index is 364. The van der Waals surface area contributed by atoms with E-state index in [9.17, 15) is 5.11 Å². The number of methoxy groups -OCH3 is 1. The molecule has 0 aliphatic rings. The minimum absolute atomic E-state index is 0.214. The molecule has 0 saturated carbocycles. The lowest BCUT2D eigenvalue weighted by Gasteiger charge is -2.17. The average Bonchev–Trinajstić information content (AvgIpc) is 2.25. The summed E-state index contributed by atoms with van der Waals surface area (Å²) >= 11 is 0. The number of phenols is 1. The van der Waals surface area contributed by atoms with Crippen molar-refractivity contribution in [3.05, 3.63) is 22.8 Å². The molecular weight excluding hydrogens is 192 g/mol. The number of aromatic hydroxyl groups is 1.